The Balaban J connectivity index is 2.34. The molecule has 1 aromatic carbocycles. The number of piperazine rings is 1. The summed E-state index contributed by atoms with van der Waals surface area (Å²) < 4.78 is 24.5. The Bertz CT molecular complexity index is 578. The zero-order chi connectivity index (χ0) is 14.6. The van der Waals surface area contributed by atoms with Crippen LogP contribution in [0.5, 0.6) is 0 Å². The van der Waals surface area contributed by atoms with Crippen LogP contribution in [0.25, 0.3) is 0 Å². The van der Waals surface area contributed by atoms with Crippen molar-refractivity contribution < 1.29 is 13.2 Å². The molecule has 20 heavy (non-hydrogen) atoms. The van der Waals surface area contributed by atoms with Gasteiger partial charge in [-0.25, -0.2) is 8.42 Å². The normalized spacial score (nSPS) is 16.1. The number of hydrogen-bond acceptors (Lipinski definition) is 4. The number of nitrogens with zero attached hydrogens (tertiary/aromatic N) is 1. The predicted molar refractivity (Wildman–Crippen MR) is 77.6 cm³/mol. The van der Waals surface area contributed by atoms with Crippen LogP contribution in [0, 0.1) is 0 Å². The number of nitrogens with one attached hydrogen (secondary N) is 1. The number of carbonyl (C=O) groups is 1. The lowest BCUT2D eigenvalue weighted by Crippen LogP contribution is -2.46. The zero-order valence-electron chi connectivity index (χ0n) is 11.6. The fraction of sp³-hybridized carbons (Fsp3) is 0.500. The first kappa shape index (κ1) is 15.0. The molecular weight excluding hydrogens is 276 g/mol. The highest BCUT2D eigenvalue weighted by molar-refractivity contribution is 7.91. The van der Waals surface area contributed by atoms with Gasteiger partial charge in [0.25, 0.3) is 5.91 Å². The maximum absolute atomic E-state index is 12.5. The largest absolute Gasteiger partial charge is 0.336 e. The number of sulfone groups is 1. The Kier molecular flexibility index (Phi) is 4.77. The Hall–Kier alpha value is -1.40. The van der Waals surface area contributed by atoms with Gasteiger partial charge in [0.1, 0.15) is 0 Å². The minimum Gasteiger partial charge on any atom is -0.336 e. The number of rotatable bonds is 4. The maximum atomic E-state index is 12.5. The van der Waals surface area contributed by atoms with Crippen LogP contribution in [0.1, 0.15) is 23.7 Å². The lowest BCUT2D eigenvalue weighted by Gasteiger charge is -2.28. The van der Waals surface area contributed by atoms with Crippen LogP contribution in [0.2, 0.25) is 0 Å². The molecule has 1 amide bonds. The average molecular weight is 296 g/mol. The highest BCUT2D eigenvalue weighted by Crippen LogP contribution is 2.19. The lowest BCUT2D eigenvalue weighted by atomic mass is 10.2. The van der Waals surface area contributed by atoms with Gasteiger partial charge in [0, 0.05) is 26.2 Å². The van der Waals surface area contributed by atoms with E-state index in [2.05, 4.69) is 5.32 Å². The van der Waals surface area contributed by atoms with Crippen molar-refractivity contribution in [2.24, 2.45) is 0 Å². The van der Waals surface area contributed by atoms with Gasteiger partial charge in [-0.2, -0.15) is 0 Å². The van der Waals surface area contributed by atoms with E-state index in [1.807, 2.05) is 6.92 Å². The van der Waals surface area contributed by atoms with Crippen LogP contribution >= 0.6 is 0 Å². The second kappa shape index (κ2) is 6.37. The Morgan fingerprint density at radius 2 is 1.90 bits per heavy atom. The summed E-state index contributed by atoms with van der Waals surface area (Å²) in [4.78, 5) is 14.4. The Morgan fingerprint density at radius 3 is 2.55 bits per heavy atom. The van der Waals surface area contributed by atoms with Crippen LogP contribution in [-0.4, -0.2) is 51.2 Å². The SMILES string of the molecule is CCCS(=O)(=O)c1ccccc1C(=O)N1CCNCC1. The molecule has 0 saturated carbocycles. The molecule has 110 valence electrons. The molecule has 0 radical (unpaired) electrons. The lowest BCUT2D eigenvalue weighted by molar-refractivity contribution is 0.0732. The molecule has 1 N–H and O–H groups in total. The van der Waals surface area contributed by atoms with E-state index in [9.17, 15) is 13.2 Å². The van der Waals surface area contributed by atoms with Crippen LogP contribution in [0.3, 0.4) is 0 Å². The monoisotopic (exact) mass is 296 g/mol. The van der Waals surface area contributed by atoms with E-state index >= 15 is 0 Å². The third kappa shape index (κ3) is 3.19. The molecule has 0 spiro atoms. The quantitative estimate of drug-likeness (QED) is 0.897. The molecule has 6 heteroatoms. The van der Waals surface area contributed by atoms with Crippen molar-refractivity contribution >= 4 is 15.7 Å². The van der Waals surface area contributed by atoms with Crippen molar-refractivity contribution in [1.29, 1.82) is 0 Å². The summed E-state index contributed by atoms with van der Waals surface area (Å²) in [6.45, 7) is 4.53. The molecule has 1 fully saturated rings. The van der Waals surface area contributed by atoms with Gasteiger partial charge in [-0.05, 0) is 18.6 Å². The second-order valence-electron chi connectivity index (χ2n) is 4.86. The van der Waals surface area contributed by atoms with Gasteiger partial charge >= 0.3 is 0 Å². The molecular formula is C14H20N2O3S. The fourth-order valence-corrected chi connectivity index (χ4v) is 3.87. The first-order valence-electron chi connectivity index (χ1n) is 6.88. The molecule has 1 saturated heterocycles. The summed E-state index contributed by atoms with van der Waals surface area (Å²) in [5, 5.41) is 3.17. The molecule has 1 aliphatic heterocycles. The topological polar surface area (TPSA) is 66.5 Å². The summed E-state index contributed by atoms with van der Waals surface area (Å²) >= 11 is 0. The van der Waals surface area contributed by atoms with Crippen molar-refractivity contribution in [3.8, 4) is 0 Å². The summed E-state index contributed by atoms with van der Waals surface area (Å²) in [7, 11) is -3.39. The van der Waals surface area contributed by atoms with E-state index in [1.54, 1.807) is 23.1 Å². The van der Waals surface area contributed by atoms with Crippen molar-refractivity contribution in [2.45, 2.75) is 18.2 Å². The van der Waals surface area contributed by atoms with Crippen molar-refractivity contribution in [3.05, 3.63) is 29.8 Å². The Labute approximate surface area is 119 Å². The molecule has 1 aliphatic rings. The predicted octanol–water partition coefficient (Wildman–Crippen LogP) is 0.916. The standard InChI is InChI=1S/C14H20N2O3S/c1-2-11-20(18,19)13-6-4-3-5-12(13)14(17)16-9-7-15-8-10-16/h3-6,15H,2,7-11H2,1H3. The number of carbonyl (C=O) groups excluding carboxylic acids is 1. The first-order chi connectivity index (χ1) is 9.56. The van der Waals surface area contributed by atoms with Crippen molar-refractivity contribution in [3.63, 3.8) is 0 Å². The minimum atomic E-state index is -3.39. The molecule has 0 bridgehead atoms. The smallest absolute Gasteiger partial charge is 0.255 e. The molecule has 0 aliphatic carbocycles. The summed E-state index contributed by atoms with van der Waals surface area (Å²) in [6, 6.07) is 6.50. The fourth-order valence-electron chi connectivity index (χ4n) is 2.33. The molecule has 0 atom stereocenters. The minimum absolute atomic E-state index is 0.0683. The van der Waals surface area contributed by atoms with Crippen molar-refractivity contribution in [2.75, 3.05) is 31.9 Å². The first-order valence-corrected chi connectivity index (χ1v) is 8.53. The average Bonchev–Trinajstić information content (AvgIpc) is 2.47. The summed E-state index contributed by atoms with van der Waals surface area (Å²) in [5.74, 6) is -0.124. The van der Waals surface area contributed by atoms with Gasteiger partial charge in [-0.3, -0.25) is 4.79 Å². The van der Waals surface area contributed by atoms with Gasteiger partial charge < -0.3 is 10.2 Å². The summed E-state index contributed by atoms with van der Waals surface area (Å²) in [5.41, 5.74) is 0.294. The van der Waals surface area contributed by atoms with Crippen LogP contribution in [-0.2, 0) is 9.84 Å². The van der Waals surface area contributed by atoms with E-state index in [1.165, 1.54) is 6.07 Å². The number of benzene rings is 1. The molecule has 2 rings (SSSR count). The van der Waals surface area contributed by atoms with E-state index in [4.69, 9.17) is 0 Å². The molecule has 0 aromatic heterocycles. The molecule has 5 nitrogen and oxygen atoms in total. The Morgan fingerprint density at radius 1 is 1.25 bits per heavy atom. The van der Waals surface area contributed by atoms with Crippen molar-refractivity contribution in [1.82, 2.24) is 10.2 Å². The molecule has 1 aromatic rings. The van der Waals surface area contributed by atoms with Gasteiger partial charge in [0.2, 0.25) is 0 Å². The van der Waals surface area contributed by atoms with E-state index in [-0.39, 0.29) is 16.6 Å². The van der Waals surface area contributed by atoms with Gasteiger partial charge in [-0.1, -0.05) is 19.1 Å². The van der Waals surface area contributed by atoms with Gasteiger partial charge in [0.15, 0.2) is 9.84 Å². The van der Waals surface area contributed by atoms with Gasteiger partial charge in [0.05, 0.1) is 16.2 Å². The van der Waals surface area contributed by atoms with Crippen LogP contribution in [0.15, 0.2) is 29.2 Å². The van der Waals surface area contributed by atoms with Crippen LogP contribution in [0.4, 0.5) is 0 Å². The van der Waals surface area contributed by atoms with E-state index in [0.29, 0.717) is 25.1 Å². The molecule has 0 unspecified atom stereocenters. The van der Waals surface area contributed by atoms with Crippen LogP contribution < -0.4 is 5.32 Å². The van der Waals surface area contributed by atoms with E-state index in [0.717, 1.165) is 13.1 Å². The maximum Gasteiger partial charge on any atom is 0.255 e. The molecule has 1 heterocycles. The zero-order valence-corrected chi connectivity index (χ0v) is 12.4. The number of hydrogen-bond donors (Lipinski definition) is 1. The second-order valence-corrected chi connectivity index (χ2v) is 6.93. The third-order valence-electron chi connectivity index (χ3n) is 3.33. The van der Waals surface area contributed by atoms with E-state index < -0.39 is 9.84 Å². The highest BCUT2D eigenvalue weighted by atomic mass is 32.2. The van der Waals surface area contributed by atoms with Gasteiger partial charge in [-0.15, -0.1) is 0 Å². The third-order valence-corrected chi connectivity index (χ3v) is 5.30. The highest BCUT2D eigenvalue weighted by Gasteiger charge is 2.25. The summed E-state index contributed by atoms with van der Waals surface area (Å²) in [6.07, 6.45) is 0.540. The number of amides is 1.